The Hall–Kier alpha value is -0.490. The largest absolute Gasteiger partial charge is 0.396 e. The number of hydrogen-bond donors (Lipinski definition) is 3. The van der Waals surface area contributed by atoms with Gasteiger partial charge in [0.2, 0.25) is 0 Å². The van der Waals surface area contributed by atoms with Gasteiger partial charge in [0.15, 0.2) is 0 Å². The fourth-order valence-electron chi connectivity index (χ4n) is 4.05. The highest BCUT2D eigenvalue weighted by molar-refractivity contribution is 5.11. The molecule has 0 heterocycles. The maximum atomic E-state index is 8.48. The van der Waals surface area contributed by atoms with Crippen LogP contribution in [0.25, 0.3) is 0 Å². The van der Waals surface area contributed by atoms with Gasteiger partial charge in [0, 0.05) is 21.2 Å². The Bertz CT molecular complexity index is 364. The number of hydroxylamine groups is 1. The molecule has 0 aliphatic rings. The molecule has 0 saturated heterocycles. The van der Waals surface area contributed by atoms with E-state index in [9.17, 15) is 0 Å². The van der Waals surface area contributed by atoms with Crippen LogP contribution in [0.1, 0.15) is 178 Å². The van der Waals surface area contributed by atoms with Gasteiger partial charge in [-0.1, -0.05) is 136 Å². The average Bonchev–Trinajstić information content (AvgIpc) is 2.86. The fraction of sp³-hybridized carbons (Fsp3) is 0.969. The molecule has 0 radical (unpaired) electrons. The monoisotopic (exact) mass is 536 g/mol. The van der Waals surface area contributed by atoms with Gasteiger partial charge in [-0.15, -0.1) is 0 Å². The number of nitrogens with one attached hydrogen (secondary N) is 1. The molecule has 0 atom stereocenters. The molecular formula is C32H73NO4. The summed E-state index contributed by atoms with van der Waals surface area (Å²) in [6.45, 7) is 12.6. The molecule has 5 nitrogen and oxygen atoms in total. The minimum absolute atomic E-state index is 0. The Morgan fingerprint density at radius 2 is 0.946 bits per heavy atom. The number of carbonyl (C=O) groups is 1. The van der Waals surface area contributed by atoms with Gasteiger partial charge >= 0.3 is 0 Å². The van der Waals surface area contributed by atoms with Crippen LogP contribution in [0.15, 0.2) is 0 Å². The molecule has 0 saturated carbocycles. The minimum atomic E-state index is 0. The van der Waals surface area contributed by atoms with Crippen molar-refractivity contribution in [3.63, 3.8) is 0 Å². The lowest BCUT2D eigenvalue weighted by Crippen LogP contribution is -2.19. The zero-order chi connectivity index (χ0) is 27.6. The Morgan fingerprint density at radius 3 is 1.24 bits per heavy atom. The first-order valence-corrected chi connectivity index (χ1v) is 15.4. The third-order valence-corrected chi connectivity index (χ3v) is 6.23. The maximum absolute atomic E-state index is 8.48. The molecule has 0 fully saturated rings. The molecule has 230 valence electrons. The summed E-state index contributed by atoms with van der Waals surface area (Å²) in [6, 6.07) is 0. The highest BCUT2D eigenvalue weighted by Gasteiger charge is 2.08. The highest BCUT2D eigenvalue weighted by Crippen LogP contribution is 2.15. The summed E-state index contributed by atoms with van der Waals surface area (Å²) in [4.78, 5) is 8.00. The topological polar surface area (TPSA) is 78.8 Å². The van der Waals surface area contributed by atoms with E-state index in [0.717, 1.165) is 26.0 Å². The second-order valence-corrected chi connectivity index (χ2v) is 11.0. The molecule has 0 unspecified atom stereocenters. The summed E-state index contributed by atoms with van der Waals surface area (Å²) in [5, 5.41) is 16.8. The van der Waals surface area contributed by atoms with Crippen LogP contribution in [0.5, 0.6) is 0 Å². The van der Waals surface area contributed by atoms with E-state index in [-0.39, 0.29) is 14.5 Å². The van der Waals surface area contributed by atoms with Crippen molar-refractivity contribution in [1.82, 2.24) is 5.48 Å². The average molecular weight is 536 g/mol. The van der Waals surface area contributed by atoms with Crippen molar-refractivity contribution in [1.29, 1.82) is 0 Å². The van der Waals surface area contributed by atoms with E-state index < -0.39 is 0 Å². The first-order chi connectivity index (χ1) is 17.5. The van der Waals surface area contributed by atoms with Crippen LogP contribution in [0.4, 0.5) is 0 Å². The van der Waals surface area contributed by atoms with Gasteiger partial charge in [0.1, 0.15) is 6.79 Å². The van der Waals surface area contributed by atoms with Crippen LogP contribution in [0.2, 0.25) is 0 Å². The zero-order valence-electron chi connectivity index (χ0n) is 25.1. The van der Waals surface area contributed by atoms with Crippen molar-refractivity contribution in [2.75, 3.05) is 19.8 Å². The van der Waals surface area contributed by atoms with Crippen LogP contribution in [0.3, 0.4) is 0 Å². The Morgan fingerprint density at radius 1 is 0.622 bits per heavy atom. The third-order valence-electron chi connectivity index (χ3n) is 6.23. The van der Waals surface area contributed by atoms with Gasteiger partial charge in [-0.25, -0.2) is 5.48 Å². The first-order valence-electron chi connectivity index (χ1n) is 15.4. The lowest BCUT2D eigenvalue weighted by Gasteiger charge is -2.19. The standard InChI is InChI=1S/C24H51NO2.C6H14O.CH2O.CH4.H2/c1-24(2,3)27-23-21-19-17-15-13-11-9-7-5-4-6-8-10-12-14-16-18-20-22-25-26;1-2-3-4-5-6-7;1-2;;/h25-26H,4-23H2,1-3H3;7H,2-6H2,1H3;1H2;1H4;1H. The minimum Gasteiger partial charge on any atom is -0.396 e. The lowest BCUT2D eigenvalue weighted by molar-refractivity contribution is -0.0980. The van der Waals surface area contributed by atoms with Gasteiger partial charge in [0.05, 0.1) is 5.60 Å². The molecule has 0 amide bonds. The maximum Gasteiger partial charge on any atom is 0.106 e. The Labute approximate surface area is 235 Å². The summed E-state index contributed by atoms with van der Waals surface area (Å²) < 4.78 is 5.76. The number of hydrogen-bond acceptors (Lipinski definition) is 5. The molecule has 0 aliphatic carbocycles. The second-order valence-electron chi connectivity index (χ2n) is 11.0. The van der Waals surface area contributed by atoms with Crippen LogP contribution in [0, 0.1) is 0 Å². The SMILES string of the molecule is C.C=O.CC(C)(C)OCCCCCCCCCCCCCCCCCCCCNO.CCCCCCO.[HH]. The first kappa shape index (κ1) is 43.6. The van der Waals surface area contributed by atoms with E-state index in [1.165, 1.54) is 128 Å². The van der Waals surface area contributed by atoms with E-state index in [1.807, 2.05) is 6.79 Å². The Kier molecular flexibility index (Phi) is 47.1. The molecule has 0 aliphatic heterocycles. The molecule has 0 aromatic heterocycles. The van der Waals surface area contributed by atoms with Crippen molar-refractivity contribution in [3.05, 3.63) is 0 Å². The zero-order valence-corrected chi connectivity index (χ0v) is 25.1. The van der Waals surface area contributed by atoms with E-state index in [1.54, 1.807) is 0 Å². The van der Waals surface area contributed by atoms with Crippen molar-refractivity contribution in [3.8, 4) is 0 Å². The predicted molar refractivity (Wildman–Crippen MR) is 166 cm³/mol. The van der Waals surface area contributed by atoms with Gasteiger partial charge in [-0.3, -0.25) is 0 Å². The van der Waals surface area contributed by atoms with Crippen LogP contribution >= 0.6 is 0 Å². The van der Waals surface area contributed by atoms with E-state index in [4.69, 9.17) is 19.8 Å². The van der Waals surface area contributed by atoms with Gasteiger partial charge in [0.25, 0.3) is 0 Å². The fourth-order valence-corrected chi connectivity index (χ4v) is 4.05. The normalized spacial score (nSPS) is 10.6. The van der Waals surface area contributed by atoms with E-state index >= 15 is 0 Å². The Balaban J connectivity index is -0.000000284. The van der Waals surface area contributed by atoms with Crippen molar-refractivity contribution < 1.29 is 21.3 Å². The number of aliphatic hydroxyl groups excluding tert-OH is 1. The third kappa shape index (κ3) is 52.7. The van der Waals surface area contributed by atoms with Gasteiger partial charge in [-0.05, 0) is 40.0 Å². The number of rotatable bonds is 25. The van der Waals surface area contributed by atoms with Crippen LogP contribution in [-0.4, -0.2) is 42.5 Å². The quantitative estimate of drug-likeness (QED) is 0.0800. The van der Waals surface area contributed by atoms with Crippen molar-refractivity contribution >= 4 is 6.79 Å². The number of ether oxygens (including phenoxy) is 1. The summed E-state index contributed by atoms with van der Waals surface area (Å²) >= 11 is 0. The number of carbonyl (C=O) groups excluding carboxylic acids is 1. The van der Waals surface area contributed by atoms with Crippen molar-refractivity contribution in [2.45, 2.75) is 182 Å². The van der Waals surface area contributed by atoms with Crippen LogP contribution in [-0.2, 0) is 9.53 Å². The molecule has 37 heavy (non-hydrogen) atoms. The number of unbranched alkanes of at least 4 members (excludes halogenated alkanes) is 20. The molecular weight excluding hydrogens is 462 g/mol. The molecule has 0 spiro atoms. The molecule has 5 heteroatoms. The summed E-state index contributed by atoms with van der Waals surface area (Å²) in [6.07, 6.45) is 29.4. The number of aliphatic hydroxyl groups is 1. The summed E-state index contributed by atoms with van der Waals surface area (Å²) in [5.41, 5.74) is 2.25. The lowest BCUT2D eigenvalue weighted by atomic mass is 10.0. The van der Waals surface area contributed by atoms with Crippen LogP contribution < -0.4 is 5.48 Å². The van der Waals surface area contributed by atoms with E-state index in [0.29, 0.717) is 6.61 Å². The van der Waals surface area contributed by atoms with Gasteiger partial charge < -0.3 is 19.8 Å². The smallest absolute Gasteiger partial charge is 0.106 e. The second kappa shape index (κ2) is 40.0. The molecule has 0 aromatic rings. The van der Waals surface area contributed by atoms with Crippen molar-refractivity contribution in [2.24, 2.45) is 0 Å². The molecule has 3 N–H and O–H groups in total. The van der Waals surface area contributed by atoms with E-state index in [2.05, 4.69) is 33.2 Å². The molecule has 0 rings (SSSR count). The summed E-state index contributed by atoms with van der Waals surface area (Å²) in [7, 11) is 0. The highest BCUT2D eigenvalue weighted by atomic mass is 16.5. The van der Waals surface area contributed by atoms with Gasteiger partial charge in [-0.2, -0.15) is 0 Å². The summed E-state index contributed by atoms with van der Waals surface area (Å²) in [5.74, 6) is 0. The molecule has 0 bridgehead atoms. The molecule has 0 aromatic carbocycles. The predicted octanol–water partition coefficient (Wildman–Crippen LogP) is 10.1.